The first-order chi connectivity index (χ1) is 9.70. The van der Waals surface area contributed by atoms with E-state index >= 15 is 0 Å². The van der Waals surface area contributed by atoms with Crippen molar-refractivity contribution in [1.29, 1.82) is 0 Å². The van der Waals surface area contributed by atoms with Gasteiger partial charge in [-0.25, -0.2) is 0 Å². The van der Waals surface area contributed by atoms with Gasteiger partial charge < -0.3 is 10.6 Å². The normalized spacial score (nSPS) is 18.2. The summed E-state index contributed by atoms with van der Waals surface area (Å²) in [5, 5.41) is 6.44. The SMILES string of the molecule is CCCCCCC(C)NC(=O)C1Cc2ccccc2N1. The first kappa shape index (κ1) is 14.9. The Balaban J connectivity index is 1.73. The number of unbranched alkanes of at least 4 members (excludes halogenated alkanes) is 3. The van der Waals surface area contributed by atoms with Crippen LogP contribution in [0.4, 0.5) is 5.69 Å². The molecule has 1 aromatic rings. The minimum absolute atomic E-state index is 0.106. The van der Waals surface area contributed by atoms with Gasteiger partial charge in [-0.1, -0.05) is 50.8 Å². The van der Waals surface area contributed by atoms with E-state index < -0.39 is 0 Å². The van der Waals surface area contributed by atoms with E-state index in [1.54, 1.807) is 0 Å². The maximum absolute atomic E-state index is 12.2. The second kappa shape index (κ2) is 7.32. The van der Waals surface area contributed by atoms with E-state index in [0.717, 1.165) is 18.5 Å². The highest BCUT2D eigenvalue weighted by Gasteiger charge is 2.26. The van der Waals surface area contributed by atoms with Gasteiger partial charge in [0, 0.05) is 18.2 Å². The molecular weight excluding hydrogens is 248 g/mol. The molecule has 0 aromatic heterocycles. The maximum atomic E-state index is 12.2. The van der Waals surface area contributed by atoms with Crippen LogP contribution in [0.25, 0.3) is 0 Å². The minimum Gasteiger partial charge on any atom is -0.373 e. The fraction of sp³-hybridized carbons (Fsp3) is 0.588. The molecule has 0 aliphatic carbocycles. The Kier molecular flexibility index (Phi) is 5.45. The lowest BCUT2D eigenvalue weighted by Crippen LogP contribution is -2.42. The van der Waals surface area contributed by atoms with Crippen LogP contribution in [0.2, 0.25) is 0 Å². The van der Waals surface area contributed by atoms with Crippen LogP contribution in [-0.2, 0) is 11.2 Å². The minimum atomic E-state index is -0.106. The zero-order valence-electron chi connectivity index (χ0n) is 12.6. The van der Waals surface area contributed by atoms with Crippen molar-refractivity contribution in [3.05, 3.63) is 29.8 Å². The van der Waals surface area contributed by atoms with Crippen LogP contribution in [0.5, 0.6) is 0 Å². The number of carbonyl (C=O) groups excluding carboxylic acids is 1. The third-order valence-corrected chi connectivity index (χ3v) is 3.97. The van der Waals surface area contributed by atoms with Crippen molar-refractivity contribution in [3.63, 3.8) is 0 Å². The molecule has 3 nitrogen and oxygen atoms in total. The van der Waals surface area contributed by atoms with Crippen molar-refractivity contribution in [2.45, 2.75) is 64.5 Å². The van der Waals surface area contributed by atoms with Crippen molar-refractivity contribution in [3.8, 4) is 0 Å². The second-order valence-electron chi connectivity index (χ2n) is 5.82. The summed E-state index contributed by atoms with van der Waals surface area (Å²) >= 11 is 0. The van der Waals surface area contributed by atoms with E-state index in [4.69, 9.17) is 0 Å². The number of rotatable bonds is 7. The molecule has 1 aliphatic heterocycles. The molecule has 0 fully saturated rings. The van der Waals surface area contributed by atoms with E-state index in [1.165, 1.54) is 31.2 Å². The first-order valence-electron chi connectivity index (χ1n) is 7.85. The number of benzene rings is 1. The van der Waals surface area contributed by atoms with Gasteiger partial charge in [0.25, 0.3) is 0 Å². The molecule has 0 saturated heterocycles. The number of nitrogens with one attached hydrogen (secondary N) is 2. The molecule has 0 spiro atoms. The van der Waals surface area contributed by atoms with Crippen molar-refractivity contribution >= 4 is 11.6 Å². The molecular formula is C17H26N2O. The molecule has 2 rings (SSSR count). The summed E-state index contributed by atoms with van der Waals surface area (Å²) in [4.78, 5) is 12.2. The van der Waals surface area contributed by atoms with Gasteiger partial charge in [-0.3, -0.25) is 4.79 Å². The summed E-state index contributed by atoms with van der Waals surface area (Å²) in [6.45, 7) is 4.32. The highest BCUT2D eigenvalue weighted by Crippen LogP contribution is 2.25. The van der Waals surface area contributed by atoms with Gasteiger partial charge in [-0.2, -0.15) is 0 Å². The smallest absolute Gasteiger partial charge is 0.243 e. The van der Waals surface area contributed by atoms with E-state index in [2.05, 4.69) is 30.5 Å². The second-order valence-corrected chi connectivity index (χ2v) is 5.82. The van der Waals surface area contributed by atoms with Gasteiger partial charge >= 0.3 is 0 Å². The highest BCUT2D eigenvalue weighted by molar-refractivity contribution is 5.87. The molecule has 1 heterocycles. The number of amides is 1. The Morgan fingerprint density at radius 2 is 2.15 bits per heavy atom. The fourth-order valence-corrected chi connectivity index (χ4v) is 2.75. The maximum Gasteiger partial charge on any atom is 0.243 e. The van der Waals surface area contributed by atoms with Gasteiger partial charge in [0.15, 0.2) is 0 Å². The number of anilines is 1. The van der Waals surface area contributed by atoms with E-state index in [0.29, 0.717) is 0 Å². The molecule has 1 aliphatic rings. The molecule has 3 heteroatoms. The van der Waals surface area contributed by atoms with Crippen LogP contribution in [0.3, 0.4) is 0 Å². The summed E-state index contributed by atoms with van der Waals surface area (Å²) in [5.41, 5.74) is 2.34. The third kappa shape index (κ3) is 3.99. The summed E-state index contributed by atoms with van der Waals surface area (Å²) in [6.07, 6.45) is 6.89. The fourth-order valence-electron chi connectivity index (χ4n) is 2.75. The van der Waals surface area contributed by atoms with E-state index in [1.807, 2.05) is 18.2 Å². The monoisotopic (exact) mass is 274 g/mol. The molecule has 0 saturated carbocycles. The zero-order chi connectivity index (χ0) is 14.4. The van der Waals surface area contributed by atoms with Crippen molar-refractivity contribution in [2.75, 3.05) is 5.32 Å². The van der Waals surface area contributed by atoms with Gasteiger partial charge in [0.2, 0.25) is 5.91 Å². The van der Waals surface area contributed by atoms with Crippen LogP contribution in [-0.4, -0.2) is 18.0 Å². The Labute approximate surface area is 122 Å². The van der Waals surface area contributed by atoms with Crippen LogP contribution in [0, 0.1) is 0 Å². The number of carbonyl (C=O) groups is 1. The quantitative estimate of drug-likeness (QED) is 0.747. The molecule has 20 heavy (non-hydrogen) atoms. The summed E-state index contributed by atoms with van der Waals surface area (Å²) in [6, 6.07) is 8.32. The molecule has 0 radical (unpaired) electrons. The number of para-hydroxylation sites is 1. The topological polar surface area (TPSA) is 41.1 Å². The number of fused-ring (bicyclic) bond motifs is 1. The molecule has 2 N–H and O–H groups in total. The molecule has 1 aromatic carbocycles. The van der Waals surface area contributed by atoms with Crippen LogP contribution < -0.4 is 10.6 Å². The lowest BCUT2D eigenvalue weighted by Gasteiger charge is -2.17. The molecule has 1 amide bonds. The Morgan fingerprint density at radius 3 is 2.90 bits per heavy atom. The summed E-state index contributed by atoms with van der Waals surface area (Å²) in [5.74, 6) is 0.129. The van der Waals surface area contributed by atoms with Crippen molar-refractivity contribution < 1.29 is 4.79 Å². The summed E-state index contributed by atoms with van der Waals surface area (Å²) < 4.78 is 0. The Morgan fingerprint density at radius 1 is 1.35 bits per heavy atom. The number of hydrogen-bond donors (Lipinski definition) is 2. The molecule has 0 bridgehead atoms. The Bertz CT molecular complexity index is 419. The lowest BCUT2D eigenvalue weighted by atomic mass is 10.1. The van der Waals surface area contributed by atoms with Gasteiger partial charge in [-0.05, 0) is 25.0 Å². The summed E-state index contributed by atoms with van der Waals surface area (Å²) in [7, 11) is 0. The average Bonchev–Trinajstić information content (AvgIpc) is 2.87. The van der Waals surface area contributed by atoms with Crippen LogP contribution in [0.1, 0.15) is 51.5 Å². The van der Waals surface area contributed by atoms with Crippen LogP contribution >= 0.6 is 0 Å². The average molecular weight is 274 g/mol. The predicted octanol–water partition coefficient (Wildman–Crippen LogP) is 3.50. The van der Waals surface area contributed by atoms with E-state index in [-0.39, 0.29) is 18.0 Å². The largest absolute Gasteiger partial charge is 0.373 e. The van der Waals surface area contributed by atoms with Gasteiger partial charge in [0.1, 0.15) is 6.04 Å². The van der Waals surface area contributed by atoms with Gasteiger partial charge in [0.05, 0.1) is 0 Å². The molecule has 2 unspecified atom stereocenters. The molecule has 2 atom stereocenters. The van der Waals surface area contributed by atoms with E-state index in [9.17, 15) is 4.79 Å². The Hall–Kier alpha value is -1.51. The van der Waals surface area contributed by atoms with Crippen molar-refractivity contribution in [2.24, 2.45) is 0 Å². The van der Waals surface area contributed by atoms with Crippen molar-refractivity contribution in [1.82, 2.24) is 5.32 Å². The predicted molar refractivity (Wildman–Crippen MR) is 83.9 cm³/mol. The highest BCUT2D eigenvalue weighted by atomic mass is 16.2. The number of hydrogen-bond acceptors (Lipinski definition) is 2. The lowest BCUT2D eigenvalue weighted by molar-refractivity contribution is -0.122. The van der Waals surface area contributed by atoms with Gasteiger partial charge in [-0.15, -0.1) is 0 Å². The molecule has 110 valence electrons. The third-order valence-electron chi connectivity index (χ3n) is 3.97. The van der Waals surface area contributed by atoms with Crippen LogP contribution in [0.15, 0.2) is 24.3 Å². The zero-order valence-corrected chi connectivity index (χ0v) is 12.6. The standard InChI is InChI=1S/C17H26N2O/c1-3-4-5-6-9-13(2)18-17(20)16-12-14-10-7-8-11-15(14)19-16/h7-8,10-11,13,16,19H,3-6,9,12H2,1-2H3,(H,18,20). The first-order valence-corrected chi connectivity index (χ1v) is 7.85.